The third-order valence-electron chi connectivity index (χ3n) is 4.10. The maximum atomic E-state index is 13.8. The summed E-state index contributed by atoms with van der Waals surface area (Å²) in [7, 11) is -3.61. The largest absolute Gasteiger partial charge is 0.386 e. The van der Waals surface area contributed by atoms with Gasteiger partial charge in [0.2, 0.25) is 0 Å². The number of sulfone groups is 1. The van der Waals surface area contributed by atoms with Gasteiger partial charge in [0.1, 0.15) is 21.0 Å². The molecule has 8 heteroatoms. The van der Waals surface area contributed by atoms with Gasteiger partial charge in [-0.05, 0) is 52.7 Å². The zero-order valence-corrected chi connectivity index (χ0v) is 14.0. The van der Waals surface area contributed by atoms with E-state index < -0.39 is 26.3 Å². The zero-order valence-electron chi connectivity index (χ0n) is 11.6. The van der Waals surface area contributed by atoms with Crippen LogP contribution in [0.4, 0.5) is 4.39 Å². The highest BCUT2D eigenvalue weighted by Crippen LogP contribution is 2.41. The summed E-state index contributed by atoms with van der Waals surface area (Å²) >= 11 is 3.15. The van der Waals surface area contributed by atoms with E-state index in [4.69, 9.17) is 11.1 Å². The van der Waals surface area contributed by atoms with E-state index in [1.807, 2.05) is 0 Å². The quantitative estimate of drug-likeness (QED) is 0.467. The molecule has 1 heterocycles. The minimum atomic E-state index is -3.61. The maximum absolute atomic E-state index is 13.8. The fourth-order valence-corrected chi connectivity index (χ4v) is 5.38. The number of halogens is 2. The van der Waals surface area contributed by atoms with Gasteiger partial charge in [-0.3, -0.25) is 5.41 Å². The highest BCUT2D eigenvalue weighted by molar-refractivity contribution is 9.10. The molecule has 1 aromatic heterocycles. The highest BCUT2D eigenvalue weighted by Gasteiger charge is 2.51. The Morgan fingerprint density at radius 2 is 2.24 bits per heavy atom. The molecule has 0 bridgehead atoms. The number of aromatic nitrogens is 1. The molecule has 0 saturated heterocycles. The van der Waals surface area contributed by atoms with E-state index in [1.54, 1.807) is 6.92 Å². The standard InChI is InChI=1S/C13H17BrFN3O2S/c1-8(9-5-11(14)18-6-10(9)15)7-21(19,20)13(12(16)17)3-2-4-13/h5-6,8H,2-4,7H2,1H3,(H3,16,17). The van der Waals surface area contributed by atoms with Crippen molar-refractivity contribution in [3.63, 3.8) is 0 Å². The van der Waals surface area contributed by atoms with Gasteiger partial charge in [0.05, 0.1) is 11.9 Å². The van der Waals surface area contributed by atoms with Crippen molar-refractivity contribution in [2.45, 2.75) is 36.9 Å². The van der Waals surface area contributed by atoms with E-state index in [0.717, 1.165) is 12.6 Å². The second kappa shape index (κ2) is 5.64. The number of rotatable bonds is 5. The molecule has 1 unspecified atom stereocenters. The molecule has 5 nitrogen and oxygen atoms in total. The Morgan fingerprint density at radius 1 is 1.62 bits per heavy atom. The van der Waals surface area contributed by atoms with Crippen LogP contribution in [0.3, 0.4) is 0 Å². The van der Waals surface area contributed by atoms with Crippen LogP contribution < -0.4 is 5.73 Å². The van der Waals surface area contributed by atoms with Crippen molar-refractivity contribution >= 4 is 31.6 Å². The maximum Gasteiger partial charge on any atom is 0.163 e. The van der Waals surface area contributed by atoms with Gasteiger partial charge >= 0.3 is 0 Å². The molecule has 1 fully saturated rings. The molecular weight excluding hydrogens is 361 g/mol. The Hall–Kier alpha value is -1.02. The molecule has 0 aliphatic heterocycles. The first kappa shape index (κ1) is 16.4. The summed E-state index contributed by atoms with van der Waals surface area (Å²) in [4.78, 5) is 3.76. The van der Waals surface area contributed by atoms with Crippen molar-refractivity contribution in [3.8, 4) is 0 Å². The fourth-order valence-electron chi connectivity index (χ4n) is 2.63. The van der Waals surface area contributed by atoms with Gasteiger partial charge in [0, 0.05) is 0 Å². The number of nitrogens with zero attached hydrogens (tertiary/aromatic N) is 1. The topological polar surface area (TPSA) is 96.9 Å². The summed E-state index contributed by atoms with van der Waals surface area (Å²) in [6.07, 6.45) is 2.55. The summed E-state index contributed by atoms with van der Waals surface area (Å²) in [6.45, 7) is 1.65. The molecule has 1 aliphatic rings. The van der Waals surface area contributed by atoms with Gasteiger partial charge in [-0.2, -0.15) is 0 Å². The number of hydrogen-bond acceptors (Lipinski definition) is 4. The van der Waals surface area contributed by atoms with Gasteiger partial charge in [-0.1, -0.05) is 6.92 Å². The number of nitrogens with two attached hydrogens (primary N) is 1. The highest BCUT2D eigenvalue weighted by atomic mass is 79.9. The van der Waals surface area contributed by atoms with Crippen LogP contribution in [0.15, 0.2) is 16.9 Å². The first-order valence-electron chi connectivity index (χ1n) is 6.57. The molecule has 0 aromatic carbocycles. The molecule has 0 spiro atoms. The summed E-state index contributed by atoms with van der Waals surface area (Å²) in [5, 5.41) is 7.59. The average Bonchev–Trinajstić information content (AvgIpc) is 2.28. The molecule has 1 saturated carbocycles. The molecule has 0 amide bonds. The van der Waals surface area contributed by atoms with Crippen LogP contribution in [0.2, 0.25) is 0 Å². The second-order valence-corrected chi connectivity index (χ2v) is 8.63. The first-order valence-corrected chi connectivity index (χ1v) is 9.02. The lowest BCUT2D eigenvalue weighted by atomic mass is 9.83. The smallest absolute Gasteiger partial charge is 0.163 e. The minimum absolute atomic E-state index is 0.236. The average molecular weight is 378 g/mol. The second-order valence-electron chi connectivity index (χ2n) is 5.47. The summed E-state index contributed by atoms with van der Waals surface area (Å²) in [6, 6.07) is 1.48. The van der Waals surface area contributed by atoms with Gasteiger partial charge in [-0.15, -0.1) is 0 Å². The Balaban J connectivity index is 2.28. The fraction of sp³-hybridized carbons (Fsp3) is 0.538. The number of amidine groups is 1. The lowest BCUT2D eigenvalue weighted by molar-refractivity contribution is 0.414. The molecule has 2 rings (SSSR count). The van der Waals surface area contributed by atoms with Crippen LogP contribution in [0.1, 0.15) is 37.7 Å². The van der Waals surface area contributed by atoms with Crippen molar-refractivity contribution in [1.29, 1.82) is 5.41 Å². The monoisotopic (exact) mass is 377 g/mol. The van der Waals surface area contributed by atoms with Crippen LogP contribution in [0.25, 0.3) is 0 Å². The van der Waals surface area contributed by atoms with E-state index >= 15 is 0 Å². The lowest BCUT2D eigenvalue weighted by Crippen LogP contribution is -2.56. The molecule has 0 radical (unpaired) electrons. The SMILES string of the molecule is CC(CS(=O)(=O)C1(C(=N)N)CCC1)c1cc(Br)ncc1F. The first-order chi connectivity index (χ1) is 9.69. The number of pyridine rings is 1. The van der Waals surface area contributed by atoms with E-state index in [9.17, 15) is 12.8 Å². The van der Waals surface area contributed by atoms with Crippen molar-refractivity contribution in [1.82, 2.24) is 4.98 Å². The molecule has 1 atom stereocenters. The van der Waals surface area contributed by atoms with Crippen molar-refractivity contribution in [3.05, 3.63) is 28.2 Å². The predicted molar refractivity (Wildman–Crippen MR) is 82.6 cm³/mol. The van der Waals surface area contributed by atoms with Gasteiger partial charge in [0.25, 0.3) is 0 Å². The van der Waals surface area contributed by atoms with Gasteiger partial charge in [-0.25, -0.2) is 17.8 Å². The van der Waals surface area contributed by atoms with Gasteiger partial charge < -0.3 is 5.73 Å². The molecule has 21 heavy (non-hydrogen) atoms. The Morgan fingerprint density at radius 3 is 2.71 bits per heavy atom. The number of nitrogens with one attached hydrogen (secondary N) is 1. The van der Waals surface area contributed by atoms with Crippen LogP contribution in [-0.4, -0.2) is 29.7 Å². The van der Waals surface area contributed by atoms with Crippen LogP contribution in [0, 0.1) is 11.2 Å². The van der Waals surface area contributed by atoms with E-state index in [0.29, 0.717) is 23.0 Å². The van der Waals surface area contributed by atoms with Crippen LogP contribution in [0.5, 0.6) is 0 Å². The summed E-state index contributed by atoms with van der Waals surface area (Å²) in [5.74, 6) is -1.62. The summed E-state index contributed by atoms with van der Waals surface area (Å²) < 4.78 is 38.2. The Kier molecular flexibility index (Phi) is 4.39. The molecule has 1 aromatic rings. The molecule has 116 valence electrons. The van der Waals surface area contributed by atoms with E-state index in [2.05, 4.69) is 20.9 Å². The van der Waals surface area contributed by atoms with E-state index in [1.165, 1.54) is 6.07 Å². The Bertz CT molecular complexity index is 674. The van der Waals surface area contributed by atoms with Crippen molar-refractivity contribution in [2.24, 2.45) is 5.73 Å². The lowest BCUT2D eigenvalue weighted by Gasteiger charge is -2.40. The van der Waals surface area contributed by atoms with E-state index in [-0.39, 0.29) is 11.6 Å². The van der Waals surface area contributed by atoms with Crippen molar-refractivity contribution in [2.75, 3.05) is 5.75 Å². The van der Waals surface area contributed by atoms with Crippen LogP contribution in [-0.2, 0) is 9.84 Å². The summed E-state index contributed by atoms with van der Waals surface area (Å²) in [5.41, 5.74) is 5.79. The molecular formula is C13H17BrFN3O2S. The minimum Gasteiger partial charge on any atom is -0.386 e. The molecule has 3 N–H and O–H groups in total. The van der Waals surface area contributed by atoms with Gasteiger partial charge in [0.15, 0.2) is 9.84 Å². The Labute approximate surface area is 131 Å². The number of hydrogen-bond donors (Lipinski definition) is 2. The predicted octanol–water partition coefficient (Wildman–Crippen LogP) is 2.36. The van der Waals surface area contributed by atoms with Crippen molar-refractivity contribution < 1.29 is 12.8 Å². The van der Waals surface area contributed by atoms with Crippen LogP contribution >= 0.6 is 15.9 Å². The normalized spacial score (nSPS) is 18.8. The third kappa shape index (κ3) is 2.83. The molecule has 1 aliphatic carbocycles. The zero-order chi connectivity index (χ0) is 15.8. The third-order valence-corrected chi connectivity index (χ3v) is 7.29.